The monoisotopic (exact) mass is 584 g/mol. The third-order valence-corrected chi connectivity index (χ3v) is 9.32. The van der Waals surface area contributed by atoms with Crippen LogP contribution in [0.4, 0.5) is 4.79 Å². The zero-order valence-corrected chi connectivity index (χ0v) is 24.2. The number of rotatable bonds is 4. The van der Waals surface area contributed by atoms with Crippen molar-refractivity contribution in [1.29, 1.82) is 0 Å². The molecule has 4 amide bonds. The summed E-state index contributed by atoms with van der Waals surface area (Å²) < 4.78 is 38.3. The molecule has 224 valence electrons. The Balaban J connectivity index is 1.60. The van der Waals surface area contributed by atoms with Crippen molar-refractivity contribution >= 4 is 33.8 Å². The molecule has 14 heteroatoms. The van der Waals surface area contributed by atoms with Gasteiger partial charge in [0.25, 0.3) is 5.91 Å². The number of amides is 4. The van der Waals surface area contributed by atoms with Crippen LogP contribution in [-0.2, 0) is 33.9 Å². The fourth-order valence-corrected chi connectivity index (χ4v) is 6.46. The van der Waals surface area contributed by atoms with Gasteiger partial charge in [0.2, 0.25) is 21.8 Å². The Bertz CT molecular complexity index is 1160. The highest BCUT2D eigenvalue weighted by Crippen LogP contribution is 2.46. The molecule has 2 heterocycles. The maximum atomic E-state index is 13.8. The Morgan fingerprint density at radius 2 is 1.95 bits per heavy atom. The van der Waals surface area contributed by atoms with Gasteiger partial charge in [0, 0.05) is 25.5 Å². The van der Waals surface area contributed by atoms with Gasteiger partial charge in [-0.15, -0.1) is 0 Å². The zero-order valence-electron chi connectivity index (χ0n) is 23.3. The van der Waals surface area contributed by atoms with Crippen LogP contribution in [0.3, 0.4) is 0 Å². The highest BCUT2D eigenvalue weighted by Gasteiger charge is 2.62. The predicted molar refractivity (Wildman–Crippen MR) is 142 cm³/mol. The van der Waals surface area contributed by atoms with E-state index >= 15 is 0 Å². The van der Waals surface area contributed by atoms with E-state index in [9.17, 15) is 32.7 Å². The van der Waals surface area contributed by atoms with Gasteiger partial charge >= 0.3 is 6.09 Å². The Hall–Kier alpha value is -2.71. The minimum Gasteiger partial charge on any atom is -0.444 e. The number of nitrogens with zero attached hydrogens (tertiary/aromatic N) is 1. The fraction of sp³-hybridized carbons (Fsp3) is 0.769. The molecular formula is C26H40N4O9S. The van der Waals surface area contributed by atoms with Gasteiger partial charge in [0.05, 0.1) is 17.5 Å². The number of fused-ring (bicyclic) bond motifs is 2. The molecule has 4 N–H and O–H groups in total. The lowest BCUT2D eigenvalue weighted by atomic mass is 10.1. The maximum absolute atomic E-state index is 13.8. The average Bonchev–Trinajstić information content (AvgIpc) is 3.75. The van der Waals surface area contributed by atoms with Crippen LogP contribution in [0.2, 0.25) is 0 Å². The molecule has 6 atom stereocenters. The molecule has 0 aromatic carbocycles. The van der Waals surface area contributed by atoms with Crippen molar-refractivity contribution in [1.82, 2.24) is 20.3 Å². The van der Waals surface area contributed by atoms with Crippen LogP contribution in [0.5, 0.6) is 0 Å². The lowest BCUT2D eigenvalue weighted by molar-refractivity contribution is -0.143. The standard InChI is InChI=1S/C26H40N4O9S/c1-15-20(27-24(35)39-25(2,3)4)22(33)30-14-17(31)12-19(30)21(32)28-26(13-16(26)8-6-5-7-11-38-15)23(34)29-40(36,37)18-9-10-18/h6,8,15-20,31H,5,7,9-14H2,1-4H3,(H,27,35)(H,28,32)(H,29,34)/b8-6-/t15-,16-,17-,19+,20+,26-/m1/s1. The van der Waals surface area contributed by atoms with Crippen molar-refractivity contribution in [3.05, 3.63) is 12.2 Å². The summed E-state index contributed by atoms with van der Waals surface area (Å²) >= 11 is 0. The van der Waals surface area contributed by atoms with Crippen LogP contribution in [0.15, 0.2) is 12.2 Å². The molecule has 0 aromatic rings. The molecule has 3 fully saturated rings. The first-order valence-corrected chi connectivity index (χ1v) is 15.3. The number of allylic oxidation sites excluding steroid dienone is 1. The third-order valence-electron chi connectivity index (χ3n) is 7.50. The molecule has 0 spiro atoms. The number of ether oxygens (including phenoxy) is 2. The van der Waals surface area contributed by atoms with E-state index in [1.807, 2.05) is 6.08 Å². The number of hydrogen-bond acceptors (Lipinski definition) is 9. The van der Waals surface area contributed by atoms with E-state index in [0.29, 0.717) is 25.7 Å². The molecule has 2 saturated carbocycles. The summed E-state index contributed by atoms with van der Waals surface area (Å²) in [5, 5.41) is 15.1. The number of carbonyl (C=O) groups excluding carboxylic acids is 4. The van der Waals surface area contributed by atoms with Gasteiger partial charge in [0.1, 0.15) is 23.2 Å². The SMILES string of the molecule is C[C@H]1OCCC/C=C\[C@@H]2C[C@@]2(C(=O)NS(=O)(=O)C2CC2)NC(=O)[C@@H]2C[C@@H](O)CN2C(=O)[C@H]1NC(=O)OC(C)(C)C. The minimum atomic E-state index is -3.85. The number of hydrogen-bond donors (Lipinski definition) is 4. The lowest BCUT2D eigenvalue weighted by Gasteiger charge is -2.32. The average molecular weight is 585 g/mol. The lowest BCUT2D eigenvalue weighted by Crippen LogP contribution is -2.60. The van der Waals surface area contributed by atoms with Crippen LogP contribution < -0.4 is 15.4 Å². The van der Waals surface area contributed by atoms with Crippen LogP contribution in [-0.4, -0.2) is 96.1 Å². The van der Waals surface area contributed by atoms with Crippen molar-refractivity contribution in [2.24, 2.45) is 5.92 Å². The molecule has 1 saturated heterocycles. The second-order valence-corrected chi connectivity index (χ2v) is 14.1. The quantitative estimate of drug-likeness (QED) is 0.333. The second kappa shape index (κ2) is 11.3. The highest BCUT2D eigenvalue weighted by molar-refractivity contribution is 7.91. The molecular weight excluding hydrogens is 544 g/mol. The predicted octanol–water partition coefficient (Wildman–Crippen LogP) is 0.0799. The van der Waals surface area contributed by atoms with Crippen molar-refractivity contribution in [2.75, 3.05) is 13.2 Å². The first-order chi connectivity index (χ1) is 18.6. The van der Waals surface area contributed by atoms with E-state index in [1.54, 1.807) is 33.8 Å². The van der Waals surface area contributed by atoms with Gasteiger partial charge in [-0.1, -0.05) is 12.2 Å². The topological polar surface area (TPSA) is 180 Å². The molecule has 0 aromatic heterocycles. The van der Waals surface area contributed by atoms with E-state index in [-0.39, 0.29) is 26.0 Å². The first kappa shape index (κ1) is 30.3. The number of aliphatic hydroxyl groups is 1. The van der Waals surface area contributed by atoms with Gasteiger partial charge in [-0.25, -0.2) is 13.2 Å². The summed E-state index contributed by atoms with van der Waals surface area (Å²) in [7, 11) is -3.85. The van der Waals surface area contributed by atoms with E-state index in [0.717, 1.165) is 0 Å². The molecule has 4 rings (SSSR count). The van der Waals surface area contributed by atoms with Crippen LogP contribution >= 0.6 is 0 Å². The Labute approximate surface area is 234 Å². The molecule has 2 aliphatic carbocycles. The smallest absolute Gasteiger partial charge is 0.408 e. The number of aliphatic hydroxyl groups excluding tert-OH is 1. The van der Waals surface area contributed by atoms with Crippen molar-refractivity contribution < 1.29 is 42.2 Å². The normalized spacial score (nSPS) is 34.3. The molecule has 2 aliphatic heterocycles. The van der Waals surface area contributed by atoms with Crippen molar-refractivity contribution in [3.8, 4) is 0 Å². The van der Waals surface area contributed by atoms with Gasteiger partial charge in [-0.3, -0.25) is 19.1 Å². The van der Waals surface area contributed by atoms with E-state index in [1.165, 1.54) is 4.90 Å². The minimum absolute atomic E-state index is 0.0927. The molecule has 0 radical (unpaired) electrons. The van der Waals surface area contributed by atoms with Crippen LogP contribution in [0.1, 0.15) is 66.2 Å². The van der Waals surface area contributed by atoms with E-state index < -0.39 is 80.4 Å². The van der Waals surface area contributed by atoms with Crippen LogP contribution in [0, 0.1) is 5.92 Å². The highest BCUT2D eigenvalue weighted by atomic mass is 32.2. The summed E-state index contributed by atoms with van der Waals surface area (Å²) in [6.07, 6.45) is 3.20. The molecule has 0 unspecified atom stereocenters. The number of alkyl carbamates (subject to hydrolysis) is 1. The summed E-state index contributed by atoms with van der Waals surface area (Å²) in [4.78, 5) is 54.3. The zero-order chi connectivity index (χ0) is 29.5. The summed E-state index contributed by atoms with van der Waals surface area (Å²) in [5.41, 5.74) is -2.31. The molecule has 40 heavy (non-hydrogen) atoms. The van der Waals surface area contributed by atoms with Gasteiger partial charge in [-0.05, 0) is 59.8 Å². The summed E-state index contributed by atoms with van der Waals surface area (Å²) in [5.74, 6) is -2.60. The van der Waals surface area contributed by atoms with E-state index in [4.69, 9.17) is 9.47 Å². The van der Waals surface area contributed by atoms with Gasteiger partial charge < -0.3 is 30.1 Å². The van der Waals surface area contributed by atoms with Gasteiger partial charge in [-0.2, -0.15) is 0 Å². The summed E-state index contributed by atoms with van der Waals surface area (Å²) in [6.45, 7) is 6.77. The van der Waals surface area contributed by atoms with E-state index in [2.05, 4.69) is 15.4 Å². The van der Waals surface area contributed by atoms with Crippen molar-refractivity contribution in [2.45, 2.75) is 107 Å². The Morgan fingerprint density at radius 1 is 1.25 bits per heavy atom. The van der Waals surface area contributed by atoms with Crippen molar-refractivity contribution in [3.63, 3.8) is 0 Å². The second-order valence-electron chi connectivity index (χ2n) is 12.1. The maximum Gasteiger partial charge on any atom is 0.408 e. The molecule has 4 aliphatic rings. The first-order valence-electron chi connectivity index (χ1n) is 13.8. The fourth-order valence-electron chi connectivity index (χ4n) is 5.09. The van der Waals surface area contributed by atoms with Gasteiger partial charge in [0.15, 0.2) is 0 Å². The Morgan fingerprint density at radius 3 is 2.60 bits per heavy atom. The Kier molecular flexibility index (Phi) is 8.53. The number of carbonyl (C=O) groups is 4. The summed E-state index contributed by atoms with van der Waals surface area (Å²) in [6, 6.07) is -2.37. The largest absolute Gasteiger partial charge is 0.444 e. The number of nitrogens with one attached hydrogen (secondary N) is 3. The molecule has 13 nitrogen and oxygen atoms in total. The van der Waals surface area contributed by atoms with Crippen LogP contribution in [0.25, 0.3) is 0 Å². The third kappa shape index (κ3) is 6.95. The molecule has 0 bridgehead atoms. The number of sulfonamides is 1.